The van der Waals surface area contributed by atoms with Gasteiger partial charge < -0.3 is 5.11 Å². The zero-order valence-electron chi connectivity index (χ0n) is 11.5. The molecule has 1 aliphatic carbocycles. The molecule has 2 unspecified atom stereocenters. The Labute approximate surface area is 122 Å². The van der Waals surface area contributed by atoms with Gasteiger partial charge in [0.2, 0.25) is 0 Å². The van der Waals surface area contributed by atoms with Gasteiger partial charge in [0.05, 0.1) is 11.1 Å². The van der Waals surface area contributed by atoms with Crippen LogP contribution in [0.4, 0.5) is 0 Å². The summed E-state index contributed by atoms with van der Waals surface area (Å²) in [6, 6.07) is 5.23. The van der Waals surface area contributed by atoms with Gasteiger partial charge in [-0.15, -0.1) is 0 Å². The van der Waals surface area contributed by atoms with Crippen LogP contribution in [-0.2, 0) is 6.42 Å². The first-order chi connectivity index (χ1) is 9.47. The van der Waals surface area contributed by atoms with Gasteiger partial charge in [-0.2, -0.15) is 0 Å². The molecule has 0 amide bonds. The number of aromatic carboxylic acids is 1. The summed E-state index contributed by atoms with van der Waals surface area (Å²) in [7, 11) is 0. The molecule has 0 spiro atoms. The second-order valence-electron chi connectivity index (χ2n) is 5.76. The lowest BCUT2D eigenvalue weighted by molar-refractivity contribution is 0.0696. The first-order valence-electron chi connectivity index (χ1n) is 6.82. The van der Waals surface area contributed by atoms with E-state index < -0.39 is 5.97 Å². The van der Waals surface area contributed by atoms with Crippen LogP contribution in [0, 0.1) is 5.92 Å². The fourth-order valence-corrected chi connectivity index (χ4v) is 3.52. The second kappa shape index (κ2) is 4.74. The smallest absolute Gasteiger partial charge is 0.336 e. The van der Waals surface area contributed by atoms with Gasteiger partial charge in [-0.05, 0) is 42.4 Å². The average molecular weight is 290 g/mol. The maximum absolute atomic E-state index is 11.7. The van der Waals surface area contributed by atoms with Gasteiger partial charge >= 0.3 is 5.97 Å². The van der Waals surface area contributed by atoms with Crippen molar-refractivity contribution in [1.82, 2.24) is 4.98 Å². The molecule has 20 heavy (non-hydrogen) atoms. The zero-order chi connectivity index (χ0) is 14.4. The third-order valence-electron chi connectivity index (χ3n) is 4.07. The first-order valence-corrected chi connectivity index (χ1v) is 7.20. The Bertz CT molecular complexity index is 711. The van der Waals surface area contributed by atoms with Crippen LogP contribution in [0.3, 0.4) is 0 Å². The van der Waals surface area contributed by atoms with Crippen molar-refractivity contribution >= 4 is 28.5 Å². The minimum Gasteiger partial charge on any atom is -0.478 e. The number of halogens is 1. The lowest BCUT2D eigenvalue weighted by Crippen LogP contribution is -2.20. The molecule has 3 nitrogen and oxygen atoms in total. The van der Waals surface area contributed by atoms with Crippen LogP contribution < -0.4 is 0 Å². The maximum Gasteiger partial charge on any atom is 0.336 e. The van der Waals surface area contributed by atoms with Crippen LogP contribution in [0.25, 0.3) is 10.9 Å². The van der Waals surface area contributed by atoms with Crippen molar-refractivity contribution in [3.8, 4) is 0 Å². The summed E-state index contributed by atoms with van der Waals surface area (Å²) in [5.74, 6) is -0.118. The standard InChI is InChI=1S/C16H16ClNO2/c1-8-5-9(2)14-13(6-8)18-12-7-10(17)3-4-11(12)15(14)16(19)20/h3-4,7-9H,5-6H2,1-2H3,(H,19,20). The van der Waals surface area contributed by atoms with Crippen molar-refractivity contribution in [2.45, 2.75) is 32.6 Å². The molecule has 1 aromatic heterocycles. The van der Waals surface area contributed by atoms with Crippen molar-refractivity contribution in [3.05, 3.63) is 40.0 Å². The number of carbonyl (C=O) groups is 1. The van der Waals surface area contributed by atoms with E-state index in [1.54, 1.807) is 18.2 Å². The Morgan fingerprint density at radius 1 is 1.40 bits per heavy atom. The van der Waals surface area contributed by atoms with Gasteiger partial charge in [0, 0.05) is 16.1 Å². The lowest BCUT2D eigenvalue weighted by Gasteiger charge is -2.28. The number of aromatic nitrogens is 1. The molecule has 0 bridgehead atoms. The molecular formula is C16H16ClNO2. The van der Waals surface area contributed by atoms with Gasteiger partial charge in [-0.1, -0.05) is 31.5 Å². The highest BCUT2D eigenvalue weighted by Gasteiger charge is 2.29. The summed E-state index contributed by atoms with van der Waals surface area (Å²) in [6.45, 7) is 4.27. The molecule has 2 atom stereocenters. The van der Waals surface area contributed by atoms with Crippen molar-refractivity contribution in [2.75, 3.05) is 0 Å². The zero-order valence-corrected chi connectivity index (χ0v) is 12.2. The van der Waals surface area contributed by atoms with Gasteiger partial charge in [0.15, 0.2) is 0 Å². The summed E-state index contributed by atoms with van der Waals surface area (Å²) in [4.78, 5) is 16.4. The summed E-state index contributed by atoms with van der Waals surface area (Å²) in [5, 5.41) is 10.9. The normalized spacial score (nSPS) is 21.8. The molecular weight excluding hydrogens is 274 g/mol. The molecule has 1 N–H and O–H groups in total. The number of benzene rings is 1. The Kier molecular flexibility index (Phi) is 3.17. The molecule has 0 radical (unpaired) electrons. The van der Waals surface area contributed by atoms with E-state index in [0.717, 1.165) is 24.1 Å². The molecule has 2 aromatic rings. The predicted molar refractivity (Wildman–Crippen MR) is 79.6 cm³/mol. The number of fused-ring (bicyclic) bond motifs is 2. The molecule has 4 heteroatoms. The van der Waals surface area contributed by atoms with Crippen LogP contribution in [-0.4, -0.2) is 16.1 Å². The van der Waals surface area contributed by atoms with Gasteiger partial charge in [-0.3, -0.25) is 4.98 Å². The second-order valence-corrected chi connectivity index (χ2v) is 6.20. The quantitative estimate of drug-likeness (QED) is 0.853. The Morgan fingerprint density at radius 3 is 2.85 bits per heavy atom. The number of carboxylic acids is 1. The molecule has 3 rings (SSSR count). The monoisotopic (exact) mass is 289 g/mol. The lowest BCUT2D eigenvalue weighted by atomic mass is 9.78. The SMILES string of the molecule is CC1Cc2nc3cc(Cl)ccc3c(C(=O)O)c2C(C)C1. The highest BCUT2D eigenvalue weighted by molar-refractivity contribution is 6.31. The molecule has 104 valence electrons. The number of rotatable bonds is 1. The number of hydrogen-bond donors (Lipinski definition) is 1. The number of pyridine rings is 1. The van der Waals surface area contributed by atoms with E-state index >= 15 is 0 Å². The fourth-order valence-electron chi connectivity index (χ4n) is 3.36. The third kappa shape index (κ3) is 2.06. The van der Waals surface area contributed by atoms with Crippen LogP contribution in [0.5, 0.6) is 0 Å². The highest BCUT2D eigenvalue weighted by Crippen LogP contribution is 2.38. The van der Waals surface area contributed by atoms with E-state index in [-0.39, 0.29) is 5.92 Å². The van der Waals surface area contributed by atoms with E-state index in [9.17, 15) is 9.90 Å². The van der Waals surface area contributed by atoms with Crippen LogP contribution >= 0.6 is 11.6 Å². The molecule has 1 heterocycles. The van der Waals surface area contributed by atoms with E-state index in [2.05, 4.69) is 18.8 Å². The van der Waals surface area contributed by atoms with Crippen LogP contribution in [0.15, 0.2) is 18.2 Å². The Balaban J connectivity index is 2.39. The molecule has 0 saturated carbocycles. The van der Waals surface area contributed by atoms with E-state index in [1.165, 1.54) is 0 Å². The third-order valence-corrected chi connectivity index (χ3v) is 4.30. The van der Waals surface area contributed by atoms with Crippen molar-refractivity contribution in [1.29, 1.82) is 0 Å². The van der Waals surface area contributed by atoms with Crippen LogP contribution in [0.1, 0.15) is 47.8 Å². The van der Waals surface area contributed by atoms with Gasteiger partial charge in [0.25, 0.3) is 0 Å². The van der Waals surface area contributed by atoms with Gasteiger partial charge in [0.1, 0.15) is 0 Å². The Hall–Kier alpha value is -1.61. The summed E-state index contributed by atoms with van der Waals surface area (Å²) >= 11 is 6.00. The Morgan fingerprint density at radius 2 is 2.15 bits per heavy atom. The van der Waals surface area contributed by atoms with E-state index in [1.807, 2.05) is 0 Å². The molecule has 0 saturated heterocycles. The molecule has 1 aromatic carbocycles. The summed E-state index contributed by atoms with van der Waals surface area (Å²) in [5.41, 5.74) is 2.91. The van der Waals surface area contributed by atoms with E-state index in [0.29, 0.717) is 27.4 Å². The fraction of sp³-hybridized carbons (Fsp3) is 0.375. The number of hydrogen-bond acceptors (Lipinski definition) is 2. The minimum atomic E-state index is -0.877. The highest BCUT2D eigenvalue weighted by atomic mass is 35.5. The number of nitrogens with zero attached hydrogens (tertiary/aromatic N) is 1. The van der Waals surface area contributed by atoms with Crippen LogP contribution in [0.2, 0.25) is 5.02 Å². The van der Waals surface area contributed by atoms with Crippen molar-refractivity contribution in [2.24, 2.45) is 5.92 Å². The van der Waals surface area contributed by atoms with Crippen molar-refractivity contribution in [3.63, 3.8) is 0 Å². The largest absolute Gasteiger partial charge is 0.478 e. The topological polar surface area (TPSA) is 50.2 Å². The predicted octanol–water partition coefficient (Wildman–Crippen LogP) is 4.27. The molecule has 0 fully saturated rings. The molecule has 1 aliphatic rings. The number of carboxylic acid groups (broad SMARTS) is 1. The first kappa shape index (κ1) is 13.4. The maximum atomic E-state index is 11.7. The average Bonchev–Trinajstić information content (AvgIpc) is 2.35. The van der Waals surface area contributed by atoms with E-state index in [4.69, 9.17) is 11.6 Å². The van der Waals surface area contributed by atoms with Crippen molar-refractivity contribution < 1.29 is 9.90 Å². The van der Waals surface area contributed by atoms with Gasteiger partial charge in [-0.25, -0.2) is 4.79 Å². The summed E-state index contributed by atoms with van der Waals surface area (Å²) < 4.78 is 0. The summed E-state index contributed by atoms with van der Waals surface area (Å²) in [6.07, 6.45) is 1.84. The minimum absolute atomic E-state index is 0.229. The molecule has 0 aliphatic heterocycles.